The molecular formula is C13H27NOS. The lowest BCUT2D eigenvalue weighted by atomic mass is 10.1. The molecule has 16 heavy (non-hydrogen) atoms. The number of hydrogen-bond acceptors (Lipinski definition) is 1. The maximum absolute atomic E-state index is 11.7. The fraction of sp³-hybridized carbons (Fsp3) is 0.923. The molecule has 0 aliphatic carbocycles. The lowest BCUT2D eigenvalue weighted by molar-refractivity contribution is 0.641. The van der Waals surface area contributed by atoms with E-state index in [1.54, 1.807) is 0 Å². The van der Waals surface area contributed by atoms with Crippen molar-refractivity contribution in [3.05, 3.63) is 0 Å². The first-order valence-corrected chi connectivity index (χ1v) is 7.44. The van der Waals surface area contributed by atoms with Crippen LogP contribution >= 0.6 is 0 Å². The van der Waals surface area contributed by atoms with E-state index in [1.165, 1.54) is 32.1 Å². The molecule has 0 aromatic rings. The van der Waals surface area contributed by atoms with Crippen molar-refractivity contribution < 1.29 is 4.21 Å². The minimum absolute atomic E-state index is 0.233. The van der Waals surface area contributed by atoms with Crippen molar-refractivity contribution >= 4 is 16.7 Å². The Balaban J connectivity index is 3.84. The second kappa shape index (κ2) is 7.99. The zero-order valence-electron chi connectivity index (χ0n) is 11.5. The molecule has 1 atom stereocenters. The van der Waals surface area contributed by atoms with Gasteiger partial charge in [0.2, 0.25) is 0 Å². The second-order valence-corrected chi connectivity index (χ2v) is 7.26. The number of nitrogens with zero attached hydrogens (tertiary/aromatic N) is 1. The van der Waals surface area contributed by atoms with Gasteiger partial charge in [0.05, 0.1) is 4.75 Å². The van der Waals surface area contributed by atoms with E-state index in [4.69, 9.17) is 0 Å². The van der Waals surface area contributed by atoms with Gasteiger partial charge in [-0.05, 0) is 40.5 Å². The summed E-state index contributed by atoms with van der Waals surface area (Å²) in [7, 11) is -1.09. The smallest absolute Gasteiger partial charge is 0.144 e. The first kappa shape index (κ1) is 15.8. The molecule has 0 aliphatic rings. The molecule has 0 heterocycles. The van der Waals surface area contributed by atoms with Gasteiger partial charge >= 0.3 is 0 Å². The topological polar surface area (TPSA) is 29.4 Å². The fourth-order valence-corrected chi connectivity index (χ4v) is 1.96. The Morgan fingerprint density at radius 1 is 1.12 bits per heavy atom. The molecule has 96 valence electrons. The minimum atomic E-state index is -1.09. The van der Waals surface area contributed by atoms with Gasteiger partial charge in [-0.25, -0.2) is 4.21 Å². The van der Waals surface area contributed by atoms with Crippen molar-refractivity contribution in [2.45, 2.75) is 77.9 Å². The Morgan fingerprint density at radius 3 is 2.19 bits per heavy atom. The van der Waals surface area contributed by atoms with Crippen LogP contribution in [-0.4, -0.2) is 14.7 Å². The standard InChI is InChI=1S/C13H27NOS/c1-6-7-8-9-10-11-12(2)14-16(15)13(3,4)5/h6-11H2,1-5H3/b14-12-. The van der Waals surface area contributed by atoms with Gasteiger partial charge in [0, 0.05) is 5.71 Å². The molecule has 0 spiro atoms. The third-order valence-corrected chi connectivity index (χ3v) is 3.93. The van der Waals surface area contributed by atoms with E-state index in [0.717, 1.165) is 12.1 Å². The molecule has 0 bridgehead atoms. The third-order valence-electron chi connectivity index (χ3n) is 2.40. The summed E-state index contributed by atoms with van der Waals surface area (Å²) in [4.78, 5) is 0. The summed E-state index contributed by atoms with van der Waals surface area (Å²) in [5.41, 5.74) is 1.03. The van der Waals surface area contributed by atoms with E-state index in [-0.39, 0.29) is 4.75 Å². The maximum atomic E-state index is 11.7. The van der Waals surface area contributed by atoms with Gasteiger partial charge in [-0.15, -0.1) is 0 Å². The average molecular weight is 245 g/mol. The zero-order chi connectivity index (χ0) is 12.6. The van der Waals surface area contributed by atoms with Crippen LogP contribution < -0.4 is 0 Å². The molecule has 0 aromatic carbocycles. The van der Waals surface area contributed by atoms with E-state index in [1.807, 2.05) is 27.7 Å². The van der Waals surface area contributed by atoms with Gasteiger partial charge in [0.15, 0.2) is 0 Å². The van der Waals surface area contributed by atoms with Crippen LogP contribution in [0.4, 0.5) is 0 Å². The van der Waals surface area contributed by atoms with Gasteiger partial charge in [0.25, 0.3) is 0 Å². The summed E-state index contributed by atoms with van der Waals surface area (Å²) in [6.07, 6.45) is 7.35. The highest BCUT2D eigenvalue weighted by molar-refractivity contribution is 7.85. The molecule has 0 saturated carbocycles. The summed E-state index contributed by atoms with van der Waals surface area (Å²) in [5, 5.41) is 0. The van der Waals surface area contributed by atoms with Crippen LogP contribution in [0.3, 0.4) is 0 Å². The molecule has 0 fully saturated rings. The monoisotopic (exact) mass is 245 g/mol. The van der Waals surface area contributed by atoms with Gasteiger partial charge in [0.1, 0.15) is 11.0 Å². The highest BCUT2D eigenvalue weighted by Crippen LogP contribution is 2.13. The summed E-state index contributed by atoms with van der Waals surface area (Å²) < 4.78 is 15.8. The van der Waals surface area contributed by atoms with Crippen LogP contribution in [0.5, 0.6) is 0 Å². The van der Waals surface area contributed by atoms with Crippen molar-refractivity contribution in [3.8, 4) is 0 Å². The quantitative estimate of drug-likeness (QED) is 0.486. The van der Waals surface area contributed by atoms with Crippen LogP contribution in [0.25, 0.3) is 0 Å². The highest BCUT2D eigenvalue weighted by atomic mass is 32.2. The molecule has 0 aromatic heterocycles. The lowest BCUT2D eigenvalue weighted by Crippen LogP contribution is -2.20. The molecule has 0 N–H and O–H groups in total. The third kappa shape index (κ3) is 8.03. The maximum Gasteiger partial charge on any atom is 0.144 e. The largest absolute Gasteiger partial charge is 0.234 e. The van der Waals surface area contributed by atoms with Crippen LogP contribution in [0, 0.1) is 0 Å². The molecule has 0 amide bonds. The molecule has 0 saturated heterocycles. The Morgan fingerprint density at radius 2 is 1.69 bits per heavy atom. The number of rotatable bonds is 7. The molecule has 1 unspecified atom stereocenters. The Kier molecular flexibility index (Phi) is 7.90. The van der Waals surface area contributed by atoms with E-state index >= 15 is 0 Å². The summed E-state index contributed by atoms with van der Waals surface area (Å²) in [5.74, 6) is 0. The van der Waals surface area contributed by atoms with E-state index in [9.17, 15) is 4.21 Å². The van der Waals surface area contributed by atoms with Crippen LogP contribution in [0.2, 0.25) is 0 Å². The van der Waals surface area contributed by atoms with E-state index < -0.39 is 11.0 Å². The Labute approximate surface area is 104 Å². The van der Waals surface area contributed by atoms with Gasteiger partial charge < -0.3 is 0 Å². The minimum Gasteiger partial charge on any atom is -0.234 e. The molecular weight excluding hydrogens is 218 g/mol. The van der Waals surface area contributed by atoms with Gasteiger partial charge in [-0.1, -0.05) is 32.6 Å². The summed E-state index contributed by atoms with van der Waals surface area (Å²) in [6, 6.07) is 0. The van der Waals surface area contributed by atoms with Crippen molar-refractivity contribution in [1.29, 1.82) is 0 Å². The second-order valence-electron chi connectivity index (χ2n) is 5.35. The molecule has 2 nitrogen and oxygen atoms in total. The van der Waals surface area contributed by atoms with Gasteiger partial charge in [-0.2, -0.15) is 4.40 Å². The van der Waals surface area contributed by atoms with Crippen molar-refractivity contribution in [2.24, 2.45) is 4.40 Å². The average Bonchev–Trinajstić information content (AvgIpc) is 2.16. The SMILES string of the molecule is CCCCCCC/C(C)=N\S(=O)C(C)(C)C. The Bertz CT molecular complexity index is 241. The van der Waals surface area contributed by atoms with Crippen LogP contribution in [0.1, 0.15) is 73.1 Å². The van der Waals surface area contributed by atoms with Crippen LogP contribution in [0.15, 0.2) is 4.40 Å². The van der Waals surface area contributed by atoms with E-state index in [0.29, 0.717) is 0 Å². The predicted octanol–water partition coefficient (Wildman–Crippen LogP) is 4.27. The summed E-state index contributed by atoms with van der Waals surface area (Å²) >= 11 is 0. The van der Waals surface area contributed by atoms with Crippen molar-refractivity contribution in [2.75, 3.05) is 0 Å². The van der Waals surface area contributed by atoms with Gasteiger partial charge in [-0.3, -0.25) is 0 Å². The zero-order valence-corrected chi connectivity index (χ0v) is 12.3. The fourth-order valence-electron chi connectivity index (χ4n) is 1.31. The molecule has 0 rings (SSSR count). The molecule has 0 radical (unpaired) electrons. The lowest BCUT2D eigenvalue weighted by Gasteiger charge is -2.14. The van der Waals surface area contributed by atoms with E-state index in [2.05, 4.69) is 11.3 Å². The molecule has 3 heteroatoms. The highest BCUT2D eigenvalue weighted by Gasteiger charge is 2.18. The first-order valence-electron chi connectivity index (χ1n) is 6.34. The number of unbranched alkanes of at least 4 members (excludes halogenated alkanes) is 4. The van der Waals surface area contributed by atoms with Crippen molar-refractivity contribution in [1.82, 2.24) is 0 Å². The Hall–Kier alpha value is -0.180. The number of hydrogen-bond donors (Lipinski definition) is 0. The predicted molar refractivity (Wildman–Crippen MR) is 74.4 cm³/mol. The summed E-state index contributed by atoms with van der Waals surface area (Å²) in [6.45, 7) is 10.1. The first-order chi connectivity index (χ1) is 7.38. The van der Waals surface area contributed by atoms with Crippen LogP contribution in [-0.2, 0) is 11.0 Å². The van der Waals surface area contributed by atoms with Crippen molar-refractivity contribution in [3.63, 3.8) is 0 Å². The normalized spacial score (nSPS) is 15.2. The molecule has 0 aliphatic heterocycles.